The number of benzene rings is 1. The van der Waals surface area contributed by atoms with Crippen molar-refractivity contribution < 1.29 is 9.53 Å². The first-order valence-electron chi connectivity index (χ1n) is 9.95. The SMILES string of the molecule is COCCC(=O)N1CCC(Nc2nc(-c3ccncc3)nc3ccccc23)CC1. The van der Waals surface area contributed by atoms with E-state index in [4.69, 9.17) is 14.7 Å². The number of methoxy groups -OCH3 is 1. The third-order valence-corrected chi connectivity index (χ3v) is 5.25. The van der Waals surface area contributed by atoms with E-state index >= 15 is 0 Å². The molecule has 150 valence electrons. The van der Waals surface area contributed by atoms with Crippen molar-refractivity contribution in [1.82, 2.24) is 19.9 Å². The van der Waals surface area contributed by atoms with E-state index in [0.717, 1.165) is 48.2 Å². The van der Waals surface area contributed by atoms with Crippen molar-refractivity contribution in [2.75, 3.05) is 32.1 Å². The van der Waals surface area contributed by atoms with Crippen molar-refractivity contribution in [2.45, 2.75) is 25.3 Å². The van der Waals surface area contributed by atoms with Crippen molar-refractivity contribution in [1.29, 1.82) is 0 Å². The Hall–Kier alpha value is -3.06. The van der Waals surface area contributed by atoms with Gasteiger partial charge in [0.15, 0.2) is 5.82 Å². The smallest absolute Gasteiger partial charge is 0.224 e. The van der Waals surface area contributed by atoms with Gasteiger partial charge in [-0.3, -0.25) is 9.78 Å². The molecule has 1 saturated heterocycles. The van der Waals surface area contributed by atoms with Gasteiger partial charge in [0.2, 0.25) is 5.91 Å². The van der Waals surface area contributed by atoms with E-state index in [1.165, 1.54) is 0 Å². The van der Waals surface area contributed by atoms with Crippen LogP contribution in [0.15, 0.2) is 48.8 Å². The van der Waals surface area contributed by atoms with Gasteiger partial charge in [-0.1, -0.05) is 12.1 Å². The fourth-order valence-corrected chi connectivity index (χ4v) is 3.63. The second kappa shape index (κ2) is 8.96. The Balaban J connectivity index is 1.52. The number of likely N-dealkylation sites (tertiary alicyclic amines) is 1. The zero-order valence-corrected chi connectivity index (χ0v) is 16.5. The summed E-state index contributed by atoms with van der Waals surface area (Å²) < 4.78 is 5.01. The van der Waals surface area contributed by atoms with Gasteiger partial charge in [0.1, 0.15) is 5.82 Å². The molecule has 7 heteroatoms. The first-order chi connectivity index (χ1) is 14.2. The van der Waals surface area contributed by atoms with Crippen LogP contribution in [0.25, 0.3) is 22.3 Å². The molecular weight excluding hydrogens is 366 g/mol. The van der Waals surface area contributed by atoms with Gasteiger partial charge in [-0.25, -0.2) is 9.97 Å². The Kier molecular flexibility index (Phi) is 5.95. The molecule has 0 radical (unpaired) electrons. The topological polar surface area (TPSA) is 80.2 Å². The lowest BCUT2D eigenvalue weighted by atomic mass is 10.0. The molecule has 0 spiro atoms. The lowest BCUT2D eigenvalue weighted by molar-refractivity contribution is -0.133. The van der Waals surface area contributed by atoms with Gasteiger partial charge in [-0.15, -0.1) is 0 Å². The molecule has 29 heavy (non-hydrogen) atoms. The maximum atomic E-state index is 12.2. The molecule has 7 nitrogen and oxygen atoms in total. The van der Waals surface area contributed by atoms with Crippen LogP contribution in [0.2, 0.25) is 0 Å². The number of para-hydroxylation sites is 1. The lowest BCUT2D eigenvalue weighted by Gasteiger charge is -2.33. The number of nitrogens with zero attached hydrogens (tertiary/aromatic N) is 4. The van der Waals surface area contributed by atoms with Crippen LogP contribution in [0.5, 0.6) is 0 Å². The van der Waals surface area contributed by atoms with Gasteiger partial charge in [-0.2, -0.15) is 0 Å². The fraction of sp³-hybridized carbons (Fsp3) is 0.364. The minimum atomic E-state index is 0.165. The third-order valence-electron chi connectivity index (χ3n) is 5.25. The first kappa shape index (κ1) is 19.3. The largest absolute Gasteiger partial charge is 0.384 e. The van der Waals surface area contributed by atoms with Crippen molar-refractivity contribution >= 4 is 22.6 Å². The molecule has 3 aromatic rings. The number of anilines is 1. The number of hydrogen-bond acceptors (Lipinski definition) is 6. The highest BCUT2D eigenvalue weighted by Gasteiger charge is 2.23. The normalized spacial score (nSPS) is 14.9. The third kappa shape index (κ3) is 4.51. The summed E-state index contributed by atoms with van der Waals surface area (Å²) in [6.45, 7) is 1.97. The average Bonchev–Trinajstić information content (AvgIpc) is 2.78. The number of nitrogens with one attached hydrogen (secondary N) is 1. The summed E-state index contributed by atoms with van der Waals surface area (Å²) in [5, 5.41) is 4.61. The number of hydrogen-bond donors (Lipinski definition) is 1. The van der Waals surface area contributed by atoms with Crippen LogP contribution in [-0.4, -0.2) is 58.6 Å². The second-order valence-corrected chi connectivity index (χ2v) is 7.19. The van der Waals surface area contributed by atoms with Crippen LogP contribution < -0.4 is 5.32 Å². The summed E-state index contributed by atoms with van der Waals surface area (Å²) in [7, 11) is 1.62. The highest BCUT2D eigenvalue weighted by molar-refractivity contribution is 5.90. The molecule has 1 aliphatic heterocycles. The fourth-order valence-electron chi connectivity index (χ4n) is 3.63. The van der Waals surface area contributed by atoms with Crippen LogP contribution in [0.3, 0.4) is 0 Å². The molecule has 0 bridgehead atoms. The number of piperidine rings is 1. The second-order valence-electron chi connectivity index (χ2n) is 7.19. The Morgan fingerprint density at radius 2 is 1.90 bits per heavy atom. The molecule has 2 aromatic heterocycles. The Morgan fingerprint density at radius 1 is 1.14 bits per heavy atom. The summed E-state index contributed by atoms with van der Waals surface area (Å²) in [4.78, 5) is 27.7. The average molecular weight is 391 g/mol. The molecular formula is C22H25N5O2. The number of carbonyl (C=O) groups excluding carboxylic acids is 1. The first-order valence-corrected chi connectivity index (χ1v) is 9.95. The van der Waals surface area contributed by atoms with E-state index in [0.29, 0.717) is 18.9 Å². The summed E-state index contributed by atoms with van der Waals surface area (Å²) in [6, 6.07) is 12.1. The minimum Gasteiger partial charge on any atom is -0.384 e. The summed E-state index contributed by atoms with van der Waals surface area (Å²) >= 11 is 0. The minimum absolute atomic E-state index is 0.165. The molecule has 1 amide bonds. The van der Waals surface area contributed by atoms with Crippen LogP contribution in [0.4, 0.5) is 5.82 Å². The highest BCUT2D eigenvalue weighted by atomic mass is 16.5. The molecule has 3 heterocycles. The predicted octanol–water partition coefficient (Wildman–Crippen LogP) is 3.13. The van der Waals surface area contributed by atoms with Gasteiger partial charge in [0.25, 0.3) is 0 Å². The number of pyridine rings is 1. The zero-order valence-electron chi connectivity index (χ0n) is 16.5. The maximum Gasteiger partial charge on any atom is 0.224 e. The molecule has 4 rings (SSSR count). The van der Waals surface area contributed by atoms with Crippen molar-refractivity contribution in [3.8, 4) is 11.4 Å². The van der Waals surface area contributed by atoms with Gasteiger partial charge >= 0.3 is 0 Å². The zero-order chi connectivity index (χ0) is 20.1. The Labute approximate surface area is 170 Å². The van der Waals surface area contributed by atoms with E-state index in [-0.39, 0.29) is 11.9 Å². The molecule has 1 aliphatic rings. The highest BCUT2D eigenvalue weighted by Crippen LogP contribution is 2.26. The Morgan fingerprint density at radius 3 is 2.66 bits per heavy atom. The number of carbonyl (C=O) groups is 1. The summed E-state index contributed by atoms with van der Waals surface area (Å²) in [5.41, 5.74) is 1.84. The number of rotatable bonds is 6. The van der Waals surface area contributed by atoms with Gasteiger partial charge < -0.3 is 15.0 Å². The van der Waals surface area contributed by atoms with Crippen molar-refractivity contribution in [2.24, 2.45) is 0 Å². The van der Waals surface area contributed by atoms with Crippen molar-refractivity contribution in [3.63, 3.8) is 0 Å². The van der Waals surface area contributed by atoms with E-state index in [1.54, 1.807) is 19.5 Å². The Bertz CT molecular complexity index is 971. The van der Waals surface area contributed by atoms with E-state index < -0.39 is 0 Å². The number of ether oxygens (including phenoxy) is 1. The molecule has 1 N–H and O–H groups in total. The number of aromatic nitrogens is 3. The van der Waals surface area contributed by atoms with Gasteiger partial charge in [-0.05, 0) is 37.1 Å². The monoisotopic (exact) mass is 391 g/mol. The molecule has 1 fully saturated rings. The summed E-state index contributed by atoms with van der Waals surface area (Å²) in [5.74, 6) is 1.69. The number of amides is 1. The van der Waals surface area contributed by atoms with Gasteiger partial charge in [0, 0.05) is 49.6 Å². The van der Waals surface area contributed by atoms with Gasteiger partial charge in [0.05, 0.1) is 18.5 Å². The molecule has 0 saturated carbocycles. The summed E-state index contributed by atoms with van der Waals surface area (Å²) in [6.07, 6.45) is 5.72. The van der Waals surface area contributed by atoms with Crippen molar-refractivity contribution in [3.05, 3.63) is 48.8 Å². The molecule has 1 aromatic carbocycles. The van der Waals surface area contributed by atoms with Crippen LogP contribution in [0.1, 0.15) is 19.3 Å². The molecule has 0 aliphatic carbocycles. The maximum absolute atomic E-state index is 12.2. The lowest BCUT2D eigenvalue weighted by Crippen LogP contribution is -2.42. The van der Waals surface area contributed by atoms with E-state index in [9.17, 15) is 4.79 Å². The van der Waals surface area contributed by atoms with E-state index in [1.807, 2.05) is 41.3 Å². The van der Waals surface area contributed by atoms with Crippen LogP contribution in [0, 0.1) is 0 Å². The molecule has 0 unspecified atom stereocenters. The van der Waals surface area contributed by atoms with E-state index in [2.05, 4.69) is 10.3 Å². The quantitative estimate of drug-likeness (QED) is 0.695. The van der Waals surface area contributed by atoms with Crippen LogP contribution >= 0.6 is 0 Å². The predicted molar refractivity (Wildman–Crippen MR) is 112 cm³/mol. The van der Waals surface area contributed by atoms with Crippen LogP contribution in [-0.2, 0) is 9.53 Å². The standard InChI is InChI=1S/C22H25N5O2/c1-29-15-10-20(28)27-13-8-17(9-14-27)24-22-18-4-2-3-5-19(18)25-21(26-22)16-6-11-23-12-7-16/h2-7,11-12,17H,8-10,13-15H2,1H3,(H,24,25,26). The number of fused-ring (bicyclic) bond motifs is 1. The molecule has 0 atom stereocenters.